The van der Waals surface area contributed by atoms with E-state index in [1.165, 1.54) is 0 Å². The number of fused-ring (bicyclic) bond motifs is 2. The van der Waals surface area contributed by atoms with Gasteiger partial charge in [0.1, 0.15) is 5.78 Å². The Hall–Kier alpha value is -0.890. The first-order valence-electron chi connectivity index (χ1n) is 4.11. The average Bonchev–Trinajstić information content (AvgIpc) is 2.55. The van der Waals surface area contributed by atoms with Crippen molar-refractivity contribution in [2.75, 3.05) is 0 Å². The Bertz CT molecular complexity index is 290. The number of ether oxygens (including phenoxy) is 1. The van der Waals surface area contributed by atoms with E-state index < -0.39 is 5.41 Å². The Kier molecular flexibility index (Phi) is 1.34. The van der Waals surface area contributed by atoms with Gasteiger partial charge in [-0.3, -0.25) is 4.79 Å². The summed E-state index contributed by atoms with van der Waals surface area (Å²) < 4.78 is 5.53. The normalized spacial score (nSPS) is 44.0. The van der Waals surface area contributed by atoms with Crippen molar-refractivity contribution in [2.24, 2.45) is 5.41 Å². The topological polar surface area (TPSA) is 26.3 Å². The second-order valence-electron chi connectivity index (χ2n) is 3.65. The summed E-state index contributed by atoms with van der Waals surface area (Å²) in [5.74, 6) is 0.143. The molecule has 0 aromatic carbocycles. The lowest BCUT2D eigenvalue weighted by molar-refractivity contribution is -0.125. The van der Waals surface area contributed by atoms with Crippen molar-refractivity contribution in [3.63, 3.8) is 0 Å². The molecular formula is C10H12O2. The first kappa shape index (κ1) is 7.74. The number of carbonyl (C=O) groups is 1. The molecule has 2 heteroatoms. The molecule has 2 bridgehead atoms. The molecule has 1 saturated heterocycles. The van der Waals surface area contributed by atoms with Crippen LogP contribution in [0.4, 0.5) is 0 Å². The summed E-state index contributed by atoms with van der Waals surface area (Å²) in [7, 11) is 0. The van der Waals surface area contributed by atoms with Gasteiger partial charge in [0.05, 0.1) is 17.6 Å². The smallest absolute Gasteiger partial charge is 0.142 e. The van der Waals surface area contributed by atoms with E-state index in [9.17, 15) is 4.79 Å². The highest BCUT2D eigenvalue weighted by Crippen LogP contribution is 2.47. The maximum atomic E-state index is 11.4. The first-order valence-corrected chi connectivity index (χ1v) is 4.11. The molecule has 2 aliphatic heterocycles. The second-order valence-corrected chi connectivity index (χ2v) is 3.65. The first-order chi connectivity index (χ1) is 5.56. The summed E-state index contributed by atoms with van der Waals surface area (Å²) in [6.45, 7) is 7.42. The Balaban J connectivity index is 2.46. The molecule has 0 spiro atoms. The molecule has 2 aliphatic rings. The molecule has 64 valence electrons. The molecule has 2 rings (SSSR count). The lowest BCUT2D eigenvalue weighted by Gasteiger charge is -2.27. The third-order valence-electron chi connectivity index (χ3n) is 3.06. The van der Waals surface area contributed by atoms with E-state index in [-0.39, 0.29) is 18.0 Å². The quantitative estimate of drug-likeness (QED) is 0.549. The van der Waals surface area contributed by atoms with Gasteiger partial charge in [0.2, 0.25) is 0 Å². The van der Waals surface area contributed by atoms with Gasteiger partial charge in [-0.1, -0.05) is 18.7 Å². The monoisotopic (exact) mass is 164 g/mol. The van der Waals surface area contributed by atoms with Crippen molar-refractivity contribution in [3.05, 3.63) is 24.3 Å². The molecule has 0 N–H and O–H groups in total. The minimum Gasteiger partial charge on any atom is -0.361 e. The number of hydrogen-bond donors (Lipinski definition) is 0. The predicted octanol–water partition coefficient (Wildman–Crippen LogP) is 1.48. The highest BCUT2D eigenvalue weighted by atomic mass is 16.5. The Labute approximate surface area is 71.9 Å². The van der Waals surface area contributed by atoms with E-state index in [1.54, 1.807) is 6.92 Å². The summed E-state index contributed by atoms with van der Waals surface area (Å²) in [5.41, 5.74) is 0.432. The van der Waals surface area contributed by atoms with Gasteiger partial charge < -0.3 is 4.74 Å². The third-order valence-corrected chi connectivity index (χ3v) is 3.06. The summed E-state index contributed by atoms with van der Waals surface area (Å²) in [6, 6.07) is 0. The average molecular weight is 164 g/mol. The molecule has 0 saturated carbocycles. The number of Topliss-reactive ketones (excluding diaryl/α,β-unsaturated/α-hetero) is 1. The van der Waals surface area contributed by atoms with Crippen LogP contribution in [0, 0.1) is 5.41 Å². The largest absolute Gasteiger partial charge is 0.361 e. The highest BCUT2D eigenvalue weighted by molar-refractivity contribution is 5.87. The summed E-state index contributed by atoms with van der Waals surface area (Å²) in [5, 5.41) is 0. The van der Waals surface area contributed by atoms with Gasteiger partial charge in [0.25, 0.3) is 0 Å². The molecular weight excluding hydrogens is 152 g/mol. The van der Waals surface area contributed by atoms with E-state index in [2.05, 4.69) is 6.58 Å². The predicted molar refractivity (Wildman–Crippen MR) is 45.7 cm³/mol. The Morgan fingerprint density at radius 2 is 2.33 bits per heavy atom. The van der Waals surface area contributed by atoms with Crippen LogP contribution in [0.25, 0.3) is 0 Å². The van der Waals surface area contributed by atoms with Gasteiger partial charge in [0, 0.05) is 0 Å². The van der Waals surface area contributed by atoms with E-state index >= 15 is 0 Å². The Morgan fingerprint density at radius 1 is 1.67 bits per heavy atom. The fourth-order valence-corrected chi connectivity index (χ4v) is 1.88. The molecule has 0 unspecified atom stereocenters. The third kappa shape index (κ3) is 0.661. The van der Waals surface area contributed by atoms with E-state index in [1.807, 2.05) is 19.1 Å². The highest BCUT2D eigenvalue weighted by Gasteiger charge is 2.52. The molecule has 12 heavy (non-hydrogen) atoms. The van der Waals surface area contributed by atoms with Crippen molar-refractivity contribution < 1.29 is 9.53 Å². The van der Waals surface area contributed by atoms with Gasteiger partial charge in [-0.25, -0.2) is 0 Å². The van der Waals surface area contributed by atoms with Crippen LogP contribution in [0.15, 0.2) is 24.3 Å². The maximum Gasteiger partial charge on any atom is 0.142 e. The maximum absolute atomic E-state index is 11.4. The zero-order valence-corrected chi connectivity index (χ0v) is 7.33. The molecule has 3 atom stereocenters. The van der Waals surface area contributed by atoms with Crippen molar-refractivity contribution >= 4 is 5.78 Å². The SMILES string of the molecule is C=C1[C@H]2C=C[C@H](O2)[C@]1(C)C(C)=O. The summed E-state index contributed by atoms with van der Waals surface area (Å²) in [4.78, 5) is 11.4. The van der Waals surface area contributed by atoms with Crippen molar-refractivity contribution in [1.82, 2.24) is 0 Å². The summed E-state index contributed by atoms with van der Waals surface area (Å²) in [6.07, 6.45) is 3.83. The van der Waals surface area contributed by atoms with Crippen LogP contribution in [0.5, 0.6) is 0 Å². The molecule has 0 aromatic heterocycles. The molecule has 2 heterocycles. The Morgan fingerprint density at radius 3 is 2.67 bits per heavy atom. The summed E-state index contributed by atoms with van der Waals surface area (Å²) >= 11 is 0. The number of rotatable bonds is 1. The van der Waals surface area contributed by atoms with Crippen LogP contribution >= 0.6 is 0 Å². The lowest BCUT2D eigenvalue weighted by Crippen LogP contribution is -2.35. The molecule has 0 amide bonds. The second kappa shape index (κ2) is 2.07. The van der Waals surface area contributed by atoms with Gasteiger partial charge in [-0.2, -0.15) is 0 Å². The van der Waals surface area contributed by atoms with Crippen LogP contribution in [0.2, 0.25) is 0 Å². The van der Waals surface area contributed by atoms with Crippen molar-refractivity contribution in [1.29, 1.82) is 0 Å². The molecule has 0 radical (unpaired) electrons. The minimum atomic E-state index is -0.473. The zero-order chi connectivity index (χ0) is 8.93. The minimum absolute atomic E-state index is 0.0242. The molecule has 1 fully saturated rings. The standard InChI is InChI=1S/C10H12O2/c1-6-8-4-5-9(12-8)10(6,3)7(2)11/h4-5,8-9H,1H2,2-3H3/t8-,9+,10+/m1/s1. The van der Waals surface area contributed by atoms with Gasteiger partial charge in [-0.15, -0.1) is 0 Å². The van der Waals surface area contributed by atoms with Crippen LogP contribution in [0.3, 0.4) is 0 Å². The van der Waals surface area contributed by atoms with Crippen LogP contribution in [-0.4, -0.2) is 18.0 Å². The van der Waals surface area contributed by atoms with Gasteiger partial charge in [0.15, 0.2) is 0 Å². The van der Waals surface area contributed by atoms with Crippen molar-refractivity contribution in [2.45, 2.75) is 26.1 Å². The van der Waals surface area contributed by atoms with Crippen LogP contribution < -0.4 is 0 Å². The van der Waals surface area contributed by atoms with Crippen LogP contribution in [-0.2, 0) is 9.53 Å². The number of hydrogen-bond acceptors (Lipinski definition) is 2. The fourth-order valence-electron chi connectivity index (χ4n) is 1.88. The van der Waals surface area contributed by atoms with E-state index in [4.69, 9.17) is 4.74 Å². The molecule has 0 aliphatic carbocycles. The number of ketones is 1. The van der Waals surface area contributed by atoms with Gasteiger partial charge >= 0.3 is 0 Å². The van der Waals surface area contributed by atoms with Crippen LogP contribution in [0.1, 0.15) is 13.8 Å². The van der Waals surface area contributed by atoms with Crippen molar-refractivity contribution in [3.8, 4) is 0 Å². The molecule has 2 nitrogen and oxygen atoms in total. The van der Waals surface area contributed by atoms with Gasteiger partial charge in [-0.05, 0) is 19.4 Å². The van der Waals surface area contributed by atoms with E-state index in [0.29, 0.717) is 0 Å². The number of carbonyl (C=O) groups excluding carboxylic acids is 1. The molecule has 0 aromatic rings. The van der Waals surface area contributed by atoms with E-state index in [0.717, 1.165) is 5.57 Å². The zero-order valence-electron chi connectivity index (χ0n) is 7.33. The lowest BCUT2D eigenvalue weighted by atomic mass is 9.72. The fraction of sp³-hybridized carbons (Fsp3) is 0.500.